The number of ether oxygens (including phenoxy) is 2. The Morgan fingerprint density at radius 3 is 2.46 bits per heavy atom. The first-order valence-electron chi connectivity index (χ1n) is 9.35. The van der Waals surface area contributed by atoms with Crippen LogP contribution in [0, 0.1) is 5.92 Å². The fourth-order valence-corrected chi connectivity index (χ4v) is 3.20. The predicted octanol–water partition coefficient (Wildman–Crippen LogP) is 2.75. The predicted molar refractivity (Wildman–Crippen MR) is 100 cm³/mol. The topological polar surface area (TPSA) is 67.9 Å². The quantitative estimate of drug-likeness (QED) is 0.772. The second-order valence-electron chi connectivity index (χ2n) is 6.67. The molecular weight excluding hydrogens is 332 g/mol. The van der Waals surface area contributed by atoms with Gasteiger partial charge in [-0.15, -0.1) is 0 Å². The van der Waals surface area contributed by atoms with E-state index in [1.165, 1.54) is 0 Å². The Hall–Kier alpha value is -2.24. The van der Waals surface area contributed by atoms with Crippen molar-refractivity contribution >= 4 is 11.8 Å². The maximum Gasteiger partial charge on any atom is 0.223 e. The van der Waals surface area contributed by atoms with Gasteiger partial charge in [0.1, 0.15) is 0 Å². The highest BCUT2D eigenvalue weighted by molar-refractivity contribution is 5.80. The number of piperidine rings is 1. The number of benzene rings is 1. The molecule has 0 aliphatic carbocycles. The summed E-state index contributed by atoms with van der Waals surface area (Å²) in [6.07, 6.45) is 4.04. The van der Waals surface area contributed by atoms with Gasteiger partial charge in [0.05, 0.1) is 14.2 Å². The van der Waals surface area contributed by atoms with Crippen LogP contribution in [0.4, 0.5) is 0 Å². The van der Waals surface area contributed by atoms with Gasteiger partial charge in [-0.05, 0) is 37.0 Å². The van der Waals surface area contributed by atoms with Crippen molar-refractivity contribution in [2.45, 2.75) is 45.6 Å². The van der Waals surface area contributed by atoms with Gasteiger partial charge in [0, 0.05) is 32.0 Å². The molecule has 0 unspecified atom stereocenters. The highest BCUT2D eigenvalue weighted by Gasteiger charge is 2.26. The third kappa shape index (κ3) is 5.38. The number of amides is 2. The number of carbonyl (C=O) groups excluding carboxylic acids is 2. The molecule has 0 spiro atoms. The molecule has 6 heteroatoms. The van der Waals surface area contributed by atoms with Crippen molar-refractivity contribution in [2.24, 2.45) is 5.92 Å². The Kier molecular flexibility index (Phi) is 7.75. The van der Waals surface area contributed by atoms with Gasteiger partial charge in [0.2, 0.25) is 11.8 Å². The molecule has 1 aromatic rings. The monoisotopic (exact) mass is 362 g/mol. The Morgan fingerprint density at radius 1 is 1.15 bits per heavy atom. The first kappa shape index (κ1) is 20.1. The Morgan fingerprint density at radius 2 is 1.85 bits per heavy atom. The summed E-state index contributed by atoms with van der Waals surface area (Å²) in [6, 6.07) is 5.62. The van der Waals surface area contributed by atoms with Gasteiger partial charge in [-0.2, -0.15) is 0 Å². The van der Waals surface area contributed by atoms with E-state index in [1.807, 2.05) is 23.1 Å². The van der Waals surface area contributed by atoms with E-state index < -0.39 is 0 Å². The van der Waals surface area contributed by atoms with Crippen LogP contribution in [0.5, 0.6) is 11.5 Å². The van der Waals surface area contributed by atoms with E-state index in [4.69, 9.17) is 9.47 Å². The summed E-state index contributed by atoms with van der Waals surface area (Å²) >= 11 is 0. The summed E-state index contributed by atoms with van der Waals surface area (Å²) in [5, 5.41) is 3.00. The van der Waals surface area contributed by atoms with Crippen LogP contribution >= 0.6 is 0 Å². The summed E-state index contributed by atoms with van der Waals surface area (Å²) < 4.78 is 10.5. The van der Waals surface area contributed by atoms with Gasteiger partial charge in [-0.3, -0.25) is 9.59 Å². The molecular formula is C20H30N2O4. The number of rotatable bonds is 8. The van der Waals surface area contributed by atoms with Crippen LogP contribution < -0.4 is 14.8 Å². The van der Waals surface area contributed by atoms with E-state index >= 15 is 0 Å². The van der Waals surface area contributed by atoms with Crippen molar-refractivity contribution < 1.29 is 19.1 Å². The van der Waals surface area contributed by atoms with Crippen molar-refractivity contribution in [3.63, 3.8) is 0 Å². The summed E-state index contributed by atoms with van der Waals surface area (Å²) in [5.41, 5.74) is 0.961. The van der Waals surface area contributed by atoms with E-state index in [0.717, 1.165) is 31.2 Å². The summed E-state index contributed by atoms with van der Waals surface area (Å²) in [4.78, 5) is 26.4. The first-order valence-corrected chi connectivity index (χ1v) is 9.35. The second-order valence-corrected chi connectivity index (χ2v) is 6.67. The lowest BCUT2D eigenvalue weighted by Gasteiger charge is -2.31. The molecule has 0 bridgehead atoms. The van der Waals surface area contributed by atoms with Gasteiger partial charge in [-0.1, -0.05) is 19.4 Å². The molecule has 1 aromatic carbocycles. The van der Waals surface area contributed by atoms with E-state index in [2.05, 4.69) is 12.2 Å². The molecule has 1 aliphatic heterocycles. The molecule has 144 valence electrons. The zero-order chi connectivity index (χ0) is 18.9. The average Bonchev–Trinajstić information content (AvgIpc) is 2.69. The minimum atomic E-state index is -0.0228. The maximum atomic E-state index is 12.4. The van der Waals surface area contributed by atoms with Gasteiger partial charge >= 0.3 is 0 Å². The molecule has 1 saturated heterocycles. The third-order valence-electron chi connectivity index (χ3n) is 4.88. The van der Waals surface area contributed by atoms with Crippen LogP contribution in [-0.2, 0) is 16.1 Å². The summed E-state index contributed by atoms with van der Waals surface area (Å²) in [7, 11) is 3.19. The SMILES string of the molecule is CCCCC(=O)N1CCC(C(=O)NCc2ccc(OC)c(OC)c2)CC1. The second kappa shape index (κ2) is 10.0. The Labute approximate surface area is 155 Å². The minimum Gasteiger partial charge on any atom is -0.493 e. The van der Waals surface area contributed by atoms with E-state index in [1.54, 1.807) is 14.2 Å². The van der Waals surface area contributed by atoms with Crippen LogP contribution in [0.1, 0.15) is 44.6 Å². The van der Waals surface area contributed by atoms with Crippen molar-refractivity contribution in [1.29, 1.82) is 0 Å². The normalized spacial score (nSPS) is 14.8. The first-order chi connectivity index (χ1) is 12.6. The van der Waals surface area contributed by atoms with Crippen LogP contribution in [-0.4, -0.2) is 44.0 Å². The molecule has 0 atom stereocenters. The average molecular weight is 362 g/mol. The molecule has 2 amide bonds. The molecule has 2 rings (SSSR count). The zero-order valence-electron chi connectivity index (χ0n) is 16.0. The summed E-state index contributed by atoms with van der Waals surface area (Å²) in [5.74, 6) is 1.57. The van der Waals surface area contributed by atoms with Crippen LogP contribution in [0.2, 0.25) is 0 Å². The molecule has 0 radical (unpaired) electrons. The maximum absolute atomic E-state index is 12.4. The largest absolute Gasteiger partial charge is 0.493 e. The fourth-order valence-electron chi connectivity index (χ4n) is 3.20. The van der Waals surface area contributed by atoms with Gasteiger partial charge in [-0.25, -0.2) is 0 Å². The minimum absolute atomic E-state index is 0.0228. The Balaban J connectivity index is 1.80. The molecule has 6 nitrogen and oxygen atoms in total. The number of hydrogen-bond donors (Lipinski definition) is 1. The van der Waals surface area contributed by atoms with E-state index in [9.17, 15) is 9.59 Å². The van der Waals surface area contributed by atoms with Crippen LogP contribution in [0.25, 0.3) is 0 Å². The number of unbranched alkanes of at least 4 members (excludes halogenated alkanes) is 1. The van der Waals surface area contributed by atoms with Gasteiger partial charge in [0.25, 0.3) is 0 Å². The van der Waals surface area contributed by atoms with Crippen molar-refractivity contribution in [1.82, 2.24) is 10.2 Å². The molecule has 1 aliphatic rings. The molecule has 26 heavy (non-hydrogen) atoms. The standard InChI is InChI=1S/C20H30N2O4/c1-4-5-6-19(23)22-11-9-16(10-12-22)20(24)21-14-15-7-8-17(25-2)18(13-15)26-3/h7-8,13,16H,4-6,9-12,14H2,1-3H3,(H,21,24). The number of hydrogen-bond acceptors (Lipinski definition) is 4. The van der Waals surface area contributed by atoms with Gasteiger partial charge in [0.15, 0.2) is 11.5 Å². The van der Waals surface area contributed by atoms with Gasteiger partial charge < -0.3 is 19.7 Å². The zero-order valence-corrected chi connectivity index (χ0v) is 16.0. The Bertz CT molecular complexity index is 610. The van der Waals surface area contributed by atoms with Crippen molar-refractivity contribution in [3.8, 4) is 11.5 Å². The smallest absolute Gasteiger partial charge is 0.223 e. The number of likely N-dealkylation sites (tertiary alicyclic amines) is 1. The highest BCUT2D eigenvalue weighted by Crippen LogP contribution is 2.27. The number of nitrogens with zero attached hydrogens (tertiary/aromatic N) is 1. The number of nitrogens with one attached hydrogen (secondary N) is 1. The molecule has 1 N–H and O–H groups in total. The van der Waals surface area contributed by atoms with Crippen molar-refractivity contribution in [3.05, 3.63) is 23.8 Å². The molecule has 0 aromatic heterocycles. The highest BCUT2D eigenvalue weighted by atomic mass is 16.5. The molecule has 1 heterocycles. The lowest BCUT2D eigenvalue weighted by Crippen LogP contribution is -2.42. The molecule has 1 fully saturated rings. The number of carbonyl (C=O) groups is 2. The van der Waals surface area contributed by atoms with E-state index in [0.29, 0.717) is 37.6 Å². The van der Waals surface area contributed by atoms with Crippen molar-refractivity contribution in [2.75, 3.05) is 27.3 Å². The summed E-state index contributed by atoms with van der Waals surface area (Å²) in [6.45, 7) is 3.89. The number of methoxy groups -OCH3 is 2. The molecule has 0 saturated carbocycles. The third-order valence-corrected chi connectivity index (χ3v) is 4.88. The van der Waals surface area contributed by atoms with Crippen LogP contribution in [0.15, 0.2) is 18.2 Å². The lowest BCUT2D eigenvalue weighted by atomic mass is 9.95. The van der Waals surface area contributed by atoms with E-state index in [-0.39, 0.29) is 17.7 Å². The lowest BCUT2D eigenvalue weighted by molar-refractivity contribution is -0.135. The van der Waals surface area contributed by atoms with Crippen LogP contribution in [0.3, 0.4) is 0 Å². The fraction of sp³-hybridized carbons (Fsp3) is 0.600.